The third-order valence-electron chi connectivity index (χ3n) is 0.886. The van der Waals surface area contributed by atoms with Crippen molar-refractivity contribution in [2.75, 3.05) is 7.11 Å². The van der Waals surface area contributed by atoms with E-state index in [1.54, 1.807) is 18.4 Å². The maximum Gasteiger partial charge on any atom is 0.144 e. The molecule has 1 rings (SSSR count). The van der Waals surface area contributed by atoms with E-state index in [0.717, 1.165) is 9.96 Å². The molecular formula is C5H5ClOS2. The maximum absolute atomic E-state index is 5.50. The number of rotatable bonds is 2. The SMILES string of the molecule is COc1ccsc1SCl. The molecule has 0 saturated heterocycles. The van der Waals surface area contributed by atoms with Crippen LogP contribution in [0.1, 0.15) is 0 Å². The number of halogens is 1. The van der Waals surface area contributed by atoms with Gasteiger partial charge in [-0.15, -0.1) is 11.3 Å². The molecule has 0 atom stereocenters. The van der Waals surface area contributed by atoms with Gasteiger partial charge in [-0.1, -0.05) is 0 Å². The minimum atomic E-state index is 0.861. The molecule has 1 heterocycles. The molecular weight excluding hydrogens is 176 g/mol. The lowest BCUT2D eigenvalue weighted by Crippen LogP contribution is -1.77. The van der Waals surface area contributed by atoms with Crippen LogP contribution in [-0.4, -0.2) is 7.11 Å². The molecule has 0 aliphatic rings. The average Bonchev–Trinajstić information content (AvgIpc) is 2.33. The summed E-state index contributed by atoms with van der Waals surface area (Å²) in [7, 11) is 8.33. The molecule has 0 spiro atoms. The van der Waals surface area contributed by atoms with E-state index in [0.29, 0.717) is 0 Å². The predicted molar refractivity (Wildman–Crippen MR) is 42.6 cm³/mol. The molecule has 1 nitrogen and oxygen atoms in total. The van der Waals surface area contributed by atoms with Gasteiger partial charge in [0, 0.05) is 0 Å². The normalized spacial score (nSPS) is 9.56. The van der Waals surface area contributed by atoms with Gasteiger partial charge in [-0.2, -0.15) is 0 Å². The van der Waals surface area contributed by atoms with Gasteiger partial charge in [0.2, 0.25) is 0 Å². The van der Waals surface area contributed by atoms with Crippen molar-refractivity contribution in [2.24, 2.45) is 0 Å². The van der Waals surface area contributed by atoms with Gasteiger partial charge in [0.25, 0.3) is 0 Å². The Labute approximate surface area is 66.5 Å². The summed E-state index contributed by atoms with van der Waals surface area (Å²) in [5.74, 6) is 0.861. The van der Waals surface area contributed by atoms with Crippen LogP contribution >= 0.6 is 33.0 Å². The molecule has 1 aromatic rings. The van der Waals surface area contributed by atoms with Crippen molar-refractivity contribution in [1.29, 1.82) is 0 Å². The average molecular weight is 181 g/mol. The van der Waals surface area contributed by atoms with E-state index in [1.807, 2.05) is 11.4 Å². The van der Waals surface area contributed by atoms with E-state index in [-0.39, 0.29) is 0 Å². The molecule has 0 aliphatic carbocycles. The summed E-state index contributed by atoms with van der Waals surface area (Å²) >= 11 is 1.58. The Balaban J connectivity index is 2.85. The molecule has 50 valence electrons. The van der Waals surface area contributed by atoms with E-state index in [9.17, 15) is 0 Å². The Hall–Kier alpha value is 0.140. The zero-order valence-electron chi connectivity index (χ0n) is 4.76. The van der Waals surface area contributed by atoms with Crippen molar-refractivity contribution in [3.05, 3.63) is 11.4 Å². The van der Waals surface area contributed by atoms with Crippen molar-refractivity contribution < 1.29 is 4.74 Å². The zero-order valence-corrected chi connectivity index (χ0v) is 7.15. The summed E-state index contributed by atoms with van der Waals surface area (Å²) in [6, 6.07) is 1.90. The molecule has 0 unspecified atom stereocenters. The summed E-state index contributed by atoms with van der Waals surface area (Å²) in [4.78, 5) is 0. The molecule has 0 bridgehead atoms. The van der Waals surface area contributed by atoms with Crippen molar-refractivity contribution in [2.45, 2.75) is 4.21 Å². The van der Waals surface area contributed by atoms with E-state index in [4.69, 9.17) is 15.4 Å². The quantitative estimate of drug-likeness (QED) is 0.692. The molecule has 0 aromatic carbocycles. The Morgan fingerprint density at radius 2 is 2.56 bits per heavy atom. The largest absolute Gasteiger partial charge is 0.495 e. The maximum atomic E-state index is 5.50. The highest BCUT2D eigenvalue weighted by molar-refractivity contribution is 8.22. The summed E-state index contributed by atoms with van der Waals surface area (Å²) in [6.07, 6.45) is 0. The van der Waals surface area contributed by atoms with Gasteiger partial charge in [0.15, 0.2) is 0 Å². The van der Waals surface area contributed by atoms with Crippen LogP contribution in [0, 0.1) is 0 Å². The molecule has 4 heteroatoms. The fraction of sp³-hybridized carbons (Fsp3) is 0.200. The van der Waals surface area contributed by atoms with Crippen molar-refractivity contribution in [1.82, 2.24) is 0 Å². The monoisotopic (exact) mass is 180 g/mol. The second-order valence-electron chi connectivity index (χ2n) is 1.35. The highest BCUT2D eigenvalue weighted by Gasteiger charge is 2.01. The second-order valence-corrected chi connectivity index (χ2v) is 3.55. The summed E-state index contributed by atoms with van der Waals surface area (Å²) < 4.78 is 5.99. The smallest absolute Gasteiger partial charge is 0.144 e. The highest BCUT2D eigenvalue weighted by Crippen LogP contribution is 2.36. The van der Waals surface area contributed by atoms with Gasteiger partial charge in [-0.05, 0) is 33.1 Å². The van der Waals surface area contributed by atoms with E-state index >= 15 is 0 Å². The minimum Gasteiger partial charge on any atom is -0.495 e. The van der Waals surface area contributed by atoms with E-state index < -0.39 is 0 Å². The van der Waals surface area contributed by atoms with Crippen molar-refractivity contribution >= 4 is 33.0 Å². The predicted octanol–water partition coefficient (Wildman–Crippen LogP) is 3.00. The molecule has 0 amide bonds. The van der Waals surface area contributed by atoms with Crippen LogP contribution in [0.4, 0.5) is 0 Å². The standard InChI is InChI=1S/C5H5ClOS2/c1-7-4-2-3-8-5(4)9-6/h2-3H,1H3. The number of methoxy groups -OCH3 is 1. The molecule has 0 N–H and O–H groups in total. The first-order valence-electron chi connectivity index (χ1n) is 2.28. The minimum absolute atomic E-state index is 0.861. The van der Waals surface area contributed by atoms with Gasteiger partial charge >= 0.3 is 0 Å². The fourth-order valence-corrected chi connectivity index (χ4v) is 2.17. The Bertz CT molecular complexity index is 168. The first-order chi connectivity index (χ1) is 4.38. The summed E-state index contributed by atoms with van der Waals surface area (Å²) in [5, 5.41) is 1.95. The number of ether oxygens (including phenoxy) is 1. The number of hydrogen-bond donors (Lipinski definition) is 0. The summed E-state index contributed by atoms with van der Waals surface area (Å²) in [6.45, 7) is 0. The van der Waals surface area contributed by atoms with Crippen LogP contribution in [0.2, 0.25) is 0 Å². The Kier molecular flexibility index (Phi) is 2.69. The summed E-state index contributed by atoms with van der Waals surface area (Å²) in [5.41, 5.74) is 0. The Morgan fingerprint density at radius 3 is 3.00 bits per heavy atom. The topological polar surface area (TPSA) is 9.23 Å². The van der Waals surface area contributed by atoms with Crippen LogP contribution in [0.5, 0.6) is 5.75 Å². The molecule has 9 heavy (non-hydrogen) atoms. The van der Waals surface area contributed by atoms with Crippen LogP contribution in [0.25, 0.3) is 0 Å². The highest BCUT2D eigenvalue weighted by atomic mass is 35.7. The van der Waals surface area contributed by atoms with Crippen LogP contribution < -0.4 is 4.74 Å². The lowest BCUT2D eigenvalue weighted by Gasteiger charge is -1.94. The van der Waals surface area contributed by atoms with Crippen LogP contribution in [-0.2, 0) is 0 Å². The third kappa shape index (κ3) is 1.53. The van der Waals surface area contributed by atoms with E-state index in [2.05, 4.69) is 0 Å². The molecule has 0 aliphatic heterocycles. The second kappa shape index (κ2) is 3.34. The zero-order chi connectivity index (χ0) is 6.69. The van der Waals surface area contributed by atoms with Gasteiger partial charge < -0.3 is 4.74 Å². The molecule has 0 saturated carbocycles. The third-order valence-corrected chi connectivity index (χ3v) is 3.19. The van der Waals surface area contributed by atoms with Gasteiger partial charge in [-0.3, -0.25) is 0 Å². The van der Waals surface area contributed by atoms with Crippen LogP contribution in [0.15, 0.2) is 15.7 Å². The van der Waals surface area contributed by atoms with Crippen LogP contribution in [0.3, 0.4) is 0 Å². The van der Waals surface area contributed by atoms with Crippen molar-refractivity contribution in [3.8, 4) is 5.75 Å². The fourth-order valence-electron chi connectivity index (χ4n) is 0.491. The number of thiophene rings is 1. The lowest BCUT2D eigenvalue weighted by molar-refractivity contribution is 0.408. The number of hydrogen-bond acceptors (Lipinski definition) is 3. The van der Waals surface area contributed by atoms with Crippen molar-refractivity contribution in [3.63, 3.8) is 0 Å². The Morgan fingerprint density at radius 1 is 1.78 bits per heavy atom. The van der Waals surface area contributed by atoms with Gasteiger partial charge in [0.05, 0.1) is 7.11 Å². The first kappa shape index (κ1) is 7.25. The molecule has 0 fully saturated rings. The van der Waals surface area contributed by atoms with Gasteiger partial charge in [-0.25, -0.2) is 0 Å². The van der Waals surface area contributed by atoms with E-state index in [1.165, 1.54) is 11.0 Å². The van der Waals surface area contributed by atoms with Gasteiger partial charge in [0.1, 0.15) is 9.96 Å². The lowest BCUT2D eigenvalue weighted by atomic mass is 10.6. The molecule has 1 aromatic heterocycles. The molecule has 0 radical (unpaired) electrons. The first-order valence-corrected chi connectivity index (χ1v) is 4.80.